The molecule has 0 aliphatic heterocycles. The van der Waals surface area contributed by atoms with Gasteiger partial charge >= 0.3 is 0 Å². The van der Waals surface area contributed by atoms with Gasteiger partial charge in [-0.1, -0.05) is 128 Å². The molecular formula is C28H50O6. The lowest BCUT2D eigenvalue weighted by atomic mass is 9.86. The van der Waals surface area contributed by atoms with E-state index in [1.807, 2.05) is 0 Å². The molecule has 0 amide bonds. The second-order valence-electron chi connectivity index (χ2n) is 9.97. The monoisotopic (exact) mass is 482 g/mol. The SMILES string of the molecule is CCCCCCCCCC(c1ccc(C(CCCCCCCCC)C(O)(O)O)cc1)C(O)(O)O. The van der Waals surface area contributed by atoms with E-state index in [0.29, 0.717) is 24.0 Å². The fourth-order valence-corrected chi connectivity index (χ4v) is 4.74. The average molecular weight is 483 g/mol. The summed E-state index contributed by atoms with van der Waals surface area (Å²) in [4.78, 5) is 0. The number of unbranched alkanes of at least 4 members (excludes halogenated alkanes) is 12. The zero-order valence-electron chi connectivity index (χ0n) is 21.5. The fourth-order valence-electron chi connectivity index (χ4n) is 4.74. The summed E-state index contributed by atoms with van der Waals surface area (Å²) in [5.74, 6) is -7.37. The summed E-state index contributed by atoms with van der Waals surface area (Å²) in [5, 5.41) is 59.5. The van der Waals surface area contributed by atoms with Crippen LogP contribution in [0.15, 0.2) is 24.3 Å². The van der Waals surface area contributed by atoms with Crippen molar-refractivity contribution in [1.82, 2.24) is 0 Å². The van der Waals surface area contributed by atoms with E-state index in [-0.39, 0.29) is 0 Å². The Hall–Kier alpha value is -1.02. The summed E-state index contributed by atoms with van der Waals surface area (Å²) in [6, 6.07) is 6.68. The van der Waals surface area contributed by atoms with Gasteiger partial charge in [0.2, 0.25) is 0 Å². The summed E-state index contributed by atoms with van der Waals surface area (Å²) in [5.41, 5.74) is 1.13. The molecule has 2 unspecified atom stereocenters. The molecule has 0 saturated heterocycles. The number of hydrogen-bond donors (Lipinski definition) is 6. The van der Waals surface area contributed by atoms with Gasteiger partial charge in [0.25, 0.3) is 11.9 Å². The van der Waals surface area contributed by atoms with Crippen molar-refractivity contribution in [2.24, 2.45) is 0 Å². The predicted molar refractivity (Wildman–Crippen MR) is 136 cm³/mol. The standard InChI is InChI=1S/C28H50O6/c1-3-5-7-9-11-13-15-17-25(27(29,30)31)23-19-21-24(22-20-23)26(28(32,33)34)18-16-14-12-10-8-6-4-2/h19-22,25-26,29-34H,3-18H2,1-2H3. The van der Waals surface area contributed by atoms with Crippen molar-refractivity contribution in [1.29, 1.82) is 0 Å². The predicted octanol–water partition coefficient (Wildman–Crippen LogP) is 5.40. The number of benzene rings is 1. The van der Waals surface area contributed by atoms with E-state index in [0.717, 1.165) is 38.5 Å². The van der Waals surface area contributed by atoms with Gasteiger partial charge in [-0.15, -0.1) is 0 Å². The molecule has 2 atom stereocenters. The third-order valence-corrected chi connectivity index (χ3v) is 6.87. The molecule has 0 radical (unpaired) electrons. The Bertz CT molecular complexity index is 562. The number of hydrogen-bond acceptors (Lipinski definition) is 6. The van der Waals surface area contributed by atoms with Gasteiger partial charge in [-0.2, -0.15) is 0 Å². The van der Waals surface area contributed by atoms with Crippen LogP contribution >= 0.6 is 0 Å². The Morgan fingerprint density at radius 2 is 0.735 bits per heavy atom. The Morgan fingerprint density at radius 1 is 0.471 bits per heavy atom. The van der Waals surface area contributed by atoms with Crippen LogP contribution in [0.3, 0.4) is 0 Å². The molecule has 6 heteroatoms. The van der Waals surface area contributed by atoms with Crippen molar-refractivity contribution in [3.63, 3.8) is 0 Å². The van der Waals surface area contributed by atoms with E-state index in [4.69, 9.17) is 0 Å². The molecule has 0 aliphatic rings. The molecule has 0 fully saturated rings. The van der Waals surface area contributed by atoms with Crippen LogP contribution in [-0.4, -0.2) is 42.6 Å². The van der Waals surface area contributed by atoms with Gasteiger partial charge in [-0.25, -0.2) is 0 Å². The molecule has 1 rings (SSSR count). The molecule has 1 aromatic rings. The van der Waals surface area contributed by atoms with Crippen LogP contribution in [0.2, 0.25) is 0 Å². The lowest BCUT2D eigenvalue weighted by Gasteiger charge is -2.29. The minimum Gasteiger partial charge on any atom is -0.343 e. The van der Waals surface area contributed by atoms with Gasteiger partial charge in [0.15, 0.2) is 0 Å². The van der Waals surface area contributed by atoms with Crippen LogP contribution in [0.1, 0.15) is 140 Å². The van der Waals surface area contributed by atoms with E-state index in [1.165, 1.54) is 51.4 Å². The minimum atomic E-state index is -2.82. The summed E-state index contributed by atoms with van der Waals surface area (Å²) in [7, 11) is 0. The van der Waals surface area contributed by atoms with Crippen molar-refractivity contribution < 1.29 is 30.6 Å². The Kier molecular flexibility index (Phi) is 15.2. The first kappa shape index (κ1) is 31.0. The second kappa shape index (κ2) is 16.6. The number of rotatable bonds is 20. The van der Waals surface area contributed by atoms with Crippen LogP contribution in [0.4, 0.5) is 0 Å². The maximum absolute atomic E-state index is 9.92. The van der Waals surface area contributed by atoms with Gasteiger partial charge in [-0.05, 0) is 24.0 Å². The zero-order valence-corrected chi connectivity index (χ0v) is 21.5. The van der Waals surface area contributed by atoms with E-state index in [1.54, 1.807) is 24.3 Å². The first-order valence-corrected chi connectivity index (χ1v) is 13.5. The Balaban J connectivity index is 2.69. The Morgan fingerprint density at radius 3 is 1.00 bits per heavy atom. The Labute approximate surface area is 206 Å². The third kappa shape index (κ3) is 12.6. The first-order valence-electron chi connectivity index (χ1n) is 13.5. The molecule has 6 N–H and O–H groups in total. The van der Waals surface area contributed by atoms with Crippen LogP contribution in [-0.2, 0) is 0 Å². The quantitative estimate of drug-likeness (QED) is 0.109. The average Bonchev–Trinajstić information content (AvgIpc) is 2.76. The molecule has 6 nitrogen and oxygen atoms in total. The smallest absolute Gasteiger partial charge is 0.282 e. The molecule has 34 heavy (non-hydrogen) atoms. The van der Waals surface area contributed by atoms with Gasteiger partial charge in [0.05, 0.1) is 11.8 Å². The summed E-state index contributed by atoms with van der Waals surface area (Å²) in [6.45, 7) is 4.36. The lowest BCUT2D eigenvalue weighted by Crippen LogP contribution is -2.36. The third-order valence-electron chi connectivity index (χ3n) is 6.87. The summed E-state index contributed by atoms with van der Waals surface area (Å²) < 4.78 is 0. The summed E-state index contributed by atoms with van der Waals surface area (Å²) >= 11 is 0. The van der Waals surface area contributed by atoms with Crippen molar-refractivity contribution in [3.8, 4) is 0 Å². The van der Waals surface area contributed by atoms with Crippen molar-refractivity contribution in [2.45, 2.75) is 140 Å². The first-order chi connectivity index (χ1) is 16.1. The van der Waals surface area contributed by atoms with Gasteiger partial charge in [-0.3, -0.25) is 0 Å². The zero-order chi connectivity index (χ0) is 25.5. The minimum absolute atomic E-state index is 0.433. The maximum Gasteiger partial charge on any atom is 0.282 e. The molecule has 0 heterocycles. The maximum atomic E-state index is 9.92. The largest absolute Gasteiger partial charge is 0.343 e. The number of aliphatic hydroxyl groups is 6. The van der Waals surface area contributed by atoms with Crippen LogP contribution in [0, 0.1) is 0 Å². The topological polar surface area (TPSA) is 121 Å². The molecule has 0 aliphatic carbocycles. The lowest BCUT2D eigenvalue weighted by molar-refractivity contribution is -0.327. The van der Waals surface area contributed by atoms with E-state index in [2.05, 4.69) is 13.8 Å². The molecule has 0 saturated carbocycles. The summed E-state index contributed by atoms with van der Waals surface area (Å²) in [6.07, 6.45) is 16.2. The van der Waals surface area contributed by atoms with Crippen molar-refractivity contribution in [3.05, 3.63) is 35.4 Å². The van der Waals surface area contributed by atoms with E-state index >= 15 is 0 Å². The van der Waals surface area contributed by atoms with Crippen molar-refractivity contribution in [2.75, 3.05) is 0 Å². The van der Waals surface area contributed by atoms with E-state index < -0.39 is 23.8 Å². The highest BCUT2D eigenvalue weighted by Crippen LogP contribution is 2.34. The molecule has 198 valence electrons. The molecular weight excluding hydrogens is 432 g/mol. The molecule has 1 aromatic carbocycles. The highest BCUT2D eigenvalue weighted by molar-refractivity contribution is 5.29. The van der Waals surface area contributed by atoms with Crippen LogP contribution in [0.5, 0.6) is 0 Å². The fraction of sp³-hybridized carbons (Fsp3) is 0.786. The molecule has 0 bridgehead atoms. The highest BCUT2D eigenvalue weighted by Gasteiger charge is 2.35. The second-order valence-corrected chi connectivity index (χ2v) is 9.97. The normalized spacial score (nSPS) is 14.4. The van der Waals surface area contributed by atoms with Gasteiger partial charge in [0, 0.05) is 0 Å². The molecule has 0 aromatic heterocycles. The van der Waals surface area contributed by atoms with Gasteiger partial charge < -0.3 is 30.6 Å². The van der Waals surface area contributed by atoms with E-state index in [9.17, 15) is 30.6 Å². The molecule has 0 spiro atoms. The van der Waals surface area contributed by atoms with Crippen molar-refractivity contribution >= 4 is 0 Å². The van der Waals surface area contributed by atoms with Crippen LogP contribution < -0.4 is 0 Å². The highest BCUT2D eigenvalue weighted by atomic mass is 16.7. The van der Waals surface area contributed by atoms with Gasteiger partial charge in [0.1, 0.15) is 0 Å². The van der Waals surface area contributed by atoms with Crippen LogP contribution in [0.25, 0.3) is 0 Å².